The lowest BCUT2D eigenvalue weighted by atomic mass is 10.1. The van der Waals surface area contributed by atoms with Crippen molar-refractivity contribution in [2.45, 2.75) is 6.42 Å². The molecule has 16 heavy (non-hydrogen) atoms. The van der Waals surface area contributed by atoms with Gasteiger partial charge in [0.15, 0.2) is 0 Å². The van der Waals surface area contributed by atoms with Crippen LogP contribution in [0.3, 0.4) is 0 Å². The van der Waals surface area contributed by atoms with Crippen LogP contribution in [-0.2, 0) is 4.79 Å². The highest BCUT2D eigenvalue weighted by atomic mass is 19.1. The quantitative estimate of drug-likeness (QED) is 0.802. The summed E-state index contributed by atoms with van der Waals surface area (Å²) in [6.45, 7) is 1.37. The highest BCUT2D eigenvalue weighted by molar-refractivity contribution is 5.93. The monoisotopic (exact) mass is 226 g/mol. The Labute approximate surface area is 91.8 Å². The van der Waals surface area contributed by atoms with E-state index in [0.29, 0.717) is 6.54 Å². The van der Waals surface area contributed by atoms with Crippen LogP contribution in [0.4, 0.5) is 14.5 Å². The summed E-state index contributed by atoms with van der Waals surface area (Å²) in [5.74, 6) is -1.63. The molecule has 1 aromatic carbocycles. The molecular formula is C11H12F2N2O. The third-order valence-electron chi connectivity index (χ3n) is 2.62. The number of benzene rings is 1. The first-order valence-electron chi connectivity index (χ1n) is 5.13. The van der Waals surface area contributed by atoms with Crippen molar-refractivity contribution in [3.05, 3.63) is 29.8 Å². The molecule has 1 atom stereocenters. The zero-order valence-corrected chi connectivity index (χ0v) is 8.59. The van der Waals surface area contributed by atoms with Gasteiger partial charge in [-0.05, 0) is 25.1 Å². The molecule has 5 heteroatoms. The van der Waals surface area contributed by atoms with Gasteiger partial charge < -0.3 is 10.6 Å². The van der Waals surface area contributed by atoms with E-state index in [-0.39, 0.29) is 17.5 Å². The Hall–Kier alpha value is -1.49. The first-order chi connectivity index (χ1) is 7.66. The van der Waals surface area contributed by atoms with E-state index in [2.05, 4.69) is 10.6 Å². The van der Waals surface area contributed by atoms with E-state index >= 15 is 0 Å². The van der Waals surface area contributed by atoms with Crippen molar-refractivity contribution in [1.82, 2.24) is 5.32 Å². The van der Waals surface area contributed by atoms with Crippen molar-refractivity contribution in [2.75, 3.05) is 18.4 Å². The van der Waals surface area contributed by atoms with E-state index < -0.39 is 11.6 Å². The summed E-state index contributed by atoms with van der Waals surface area (Å²) in [6, 6.07) is 3.00. The highest BCUT2D eigenvalue weighted by Crippen LogP contribution is 2.17. The minimum atomic E-state index is -0.624. The zero-order valence-electron chi connectivity index (χ0n) is 8.59. The fourth-order valence-corrected chi connectivity index (χ4v) is 1.71. The van der Waals surface area contributed by atoms with E-state index in [9.17, 15) is 13.6 Å². The van der Waals surface area contributed by atoms with Gasteiger partial charge in [0, 0.05) is 12.6 Å². The summed E-state index contributed by atoms with van der Waals surface area (Å²) in [7, 11) is 0. The summed E-state index contributed by atoms with van der Waals surface area (Å²) in [4.78, 5) is 11.6. The average molecular weight is 226 g/mol. The second kappa shape index (κ2) is 4.57. The first-order valence-corrected chi connectivity index (χ1v) is 5.13. The van der Waals surface area contributed by atoms with Crippen LogP contribution in [0, 0.1) is 17.6 Å². The molecule has 2 rings (SSSR count). The predicted molar refractivity (Wildman–Crippen MR) is 56.0 cm³/mol. The molecule has 0 saturated carbocycles. The second-order valence-electron chi connectivity index (χ2n) is 3.80. The number of nitrogens with one attached hydrogen (secondary N) is 2. The molecule has 86 valence electrons. The third kappa shape index (κ3) is 2.36. The molecule has 1 saturated heterocycles. The van der Waals surface area contributed by atoms with Gasteiger partial charge in [-0.25, -0.2) is 8.78 Å². The molecule has 1 aliphatic heterocycles. The van der Waals surface area contributed by atoms with Gasteiger partial charge in [-0.2, -0.15) is 0 Å². The van der Waals surface area contributed by atoms with Crippen LogP contribution in [0.5, 0.6) is 0 Å². The number of hydrogen-bond acceptors (Lipinski definition) is 2. The van der Waals surface area contributed by atoms with E-state index in [0.717, 1.165) is 31.2 Å². The molecule has 0 radical (unpaired) electrons. The van der Waals surface area contributed by atoms with Gasteiger partial charge in [-0.1, -0.05) is 0 Å². The number of carbonyl (C=O) groups excluding carboxylic acids is 1. The maximum absolute atomic E-state index is 13.2. The predicted octanol–water partition coefficient (Wildman–Crippen LogP) is 1.51. The molecule has 0 aromatic heterocycles. The smallest absolute Gasteiger partial charge is 0.228 e. The second-order valence-corrected chi connectivity index (χ2v) is 3.80. The lowest BCUT2D eigenvalue weighted by molar-refractivity contribution is -0.119. The van der Waals surface area contributed by atoms with Crippen molar-refractivity contribution < 1.29 is 13.6 Å². The maximum atomic E-state index is 13.2. The summed E-state index contributed by atoms with van der Waals surface area (Å²) < 4.78 is 26.1. The Balaban J connectivity index is 2.07. The van der Waals surface area contributed by atoms with Crippen LogP contribution in [-0.4, -0.2) is 19.0 Å². The summed E-state index contributed by atoms with van der Waals surface area (Å²) >= 11 is 0. The van der Waals surface area contributed by atoms with Crippen LogP contribution in [0.15, 0.2) is 18.2 Å². The number of rotatable bonds is 2. The van der Waals surface area contributed by atoms with Gasteiger partial charge >= 0.3 is 0 Å². The molecule has 0 bridgehead atoms. The Morgan fingerprint density at radius 2 is 2.25 bits per heavy atom. The SMILES string of the molecule is O=C(Nc1cc(F)ccc1F)C1CCNC1. The Morgan fingerprint density at radius 1 is 1.44 bits per heavy atom. The summed E-state index contributed by atoms with van der Waals surface area (Å²) in [5.41, 5.74) is -0.100. The molecule has 0 spiro atoms. The lowest BCUT2D eigenvalue weighted by Gasteiger charge is -2.10. The fourth-order valence-electron chi connectivity index (χ4n) is 1.71. The zero-order chi connectivity index (χ0) is 11.5. The number of hydrogen-bond donors (Lipinski definition) is 2. The molecule has 1 amide bonds. The first kappa shape index (κ1) is 11.0. The van der Waals surface area contributed by atoms with Crippen LogP contribution in [0.2, 0.25) is 0 Å². The number of amides is 1. The number of halogens is 2. The van der Waals surface area contributed by atoms with Crippen LogP contribution >= 0.6 is 0 Å². The van der Waals surface area contributed by atoms with E-state index in [1.165, 1.54) is 0 Å². The van der Waals surface area contributed by atoms with E-state index in [1.807, 2.05) is 0 Å². The van der Waals surface area contributed by atoms with Gasteiger partial charge in [-0.15, -0.1) is 0 Å². The van der Waals surface area contributed by atoms with Gasteiger partial charge in [0.05, 0.1) is 11.6 Å². The molecule has 2 N–H and O–H groups in total. The molecule has 1 fully saturated rings. The van der Waals surface area contributed by atoms with Gasteiger partial charge in [0.2, 0.25) is 5.91 Å². The molecule has 1 aliphatic rings. The maximum Gasteiger partial charge on any atom is 0.228 e. The van der Waals surface area contributed by atoms with E-state index in [1.54, 1.807) is 0 Å². The van der Waals surface area contributed by atoms with Crippen LogP contribution < -0.4 is 10.6 Å². The normalized spacial score (nSPS) is 19.8. The summed E-state index contributed by atoms with van der Waals surface area (Å²) in [6.07, 6.45) is 0.725. The van der Waals surface area contributed by atoms with E-state index in [4.69, 9.17) is 0 Å². The highest BCUT2D eigenvalue weighted by Gasteiger charge is 2.23. The largest absolute Gasteiger partial charge is 0.323 e. The Morgan fingerprint density at radius 3 is 2.94 bits per heavy atom. The molecule has 1 unspecified atom stereocenters. The van der Waals surface area contributed by atoms with Gasteiger partial charge in [-0.3, -0.25) is 4.79 Å². The van der Waals surface area contributed by atoms with Gasteiger partial charge in [0.1, 0.15) is 11.6 Å². The fraction of sp³-hybridized carbons (Fsp3) is 0.364. The van der Waals surface area contributed by atoms with Crippen LogP contribution in [0.1, 0.15) is 6.42 Å². The van der Waals surface area contributed by atoms with Crippen LogP contribution in [0.25, 0.3) is 0 Å². The van der Waals surface area contributed by atoms with Crippen molar-refractivity contribution in [3.63, 3.8) is 0 Å². The average Bonchev–Trinajstić information content (AvgIpc) is 2.76. The minimum absolute atomic E-state index is 0.100. The molecular weight excluding hydrogens is 214 g/mol. The number of anilines is 1. The van der Waals surface area contributed by atoms with Gasteiger partial charge in [0.25, 0.3) is 0 Å². The van der Waals surface area contributed by atoms with Crippen molar-refractivity contribution >= 4 is 11.6 Å². The Bertz CT molecular complexity index is 403. The molecule has 0 aliphatic carbocycles. The molecule has 1 aromatic rings. The number of carbonyl (C=O) groups is 1. The molecule has 3 nitrogen and oxygen atoms in total. The Kier molecular flexibility index (Phi) is 3.14. The topological polar surface area (TPSA) is 41.1 Å². The van der Waals surface area contributed by atoms with Crippen molar-refractivity contribution in [2.24, 2.45) is 5.92 Å². The molecule has 1 heterocycles. The summed E-state index contributed by atoms with van der Waals surface area (Å²) in [5, 5.41) is 5.44. The third-order valence-corrected chi connectivity index (χ3v) is 2.62. The van der Waals surface area contributed by atoms with Crippen molar-refractivity contribution in [3.8, 4) is 0 Å². The minimum Gasteiger partial charge on any atom is -0.323 e. The lowest BCUT2D eigenvalue weighted by Crippen LogP contribution is -2.25. The van der Waals surface area contributed by atoms with Crippen molar-refractivity contribution in [1.29, 1.82) is 0 Å². The standard InChI is InChI=1S/C11H12F2N2O/c12-8-1-2-9(13)10(5-8)15-11(16)7-3-4-14-6-7/h1-2,5,7,14H,3-4,6H2,(H,15,16).